The van der Waals surface area contributed by atoms with Gasteiger partial charge in [-0.2, -0.15) is 0 Å². The fraction of sp³-hybridized carbons (Fsp3) is 0.846. The number of hydrogen-bond donors (Lipinski definition) is 0. The maximum Gasteiger partial charge on any atom is 0.410 e. The lowest BCUT2D eigenvalue weighted by molar-refractivity contribution is -0.144. The first kappa shape index (κ1) is 12.4. The third-order valence-corrected chi connectivity index (χ3v) is 4.42. The van der Waals surface area contributed by atoms with Crippen molar-refractivity contribution in [2.24, 2.45) is 17.8 Å². The van der Waals surface area contributed by atoms with E-state index in [-0.39, 0.29) is 23.8 Å². The minimum absolute atomic E-state index is 0.156. The van der Waals surface area contributed by atoms with Gasteiger partial charge in [-0.1, -0.05) is 20.3 Å². The lowest BCUT2D eigenvalue weighted by Gasteiger charge is -2.51. The van der Waals surface area contributed by atoms with Crippen molar-refractivity contribution >= 4 is 11.9 Å². The van der Waals surface area contributed by atoms with E-state index in [2.05, 4.69) is 13.8 Å². The van der Waals surface area contributed by atoms with Crippen molar-refractivity contribution in [1.29, 1.82) is 0 Å². The number of Topliss-reactive ketones (excluding diaryl/α,β-unsaturated/α-hetero) is 1. The number of carbonyl (C=O) groups is 2. The van der Waals surface area contributed by atoms with Crippen molar-refractivity contribution < 1.29 is 14.3 Å². The van der Waals surface area contributed by atoms with Crippen LogP contribution >= 0.6 is 0 Å². The van der Waals surface area contributed by atoms with Gasteiger partial charge in [0, 0.05) is 12.5 Å². The number of ether oxygens (including phenoxy) is 1. The molecular weight excluding hydrogens is 218 g/mol. The fourth-order valence-corrected chi connectivity index (χ4v) is 3.57. The van der Waals surface area contributed by atoms with E-state index in [1.54, 1.807) is 4.90 Å². The van der Waals surface area contributed by atoms with E-state index in [9.17, 15) is 9.59 Å². The van der Waals surface area contributed by atoms with Crippen LogP contribution in [-0.2, 0) is 9.53 Å². The summed E-state index contributed by atoms with van der Waals surface area (Å²) in [6.45, 7) is 4.85. The zero-order valence-corrected chi connectivity index (χ0v) is 10.8. The summed E-state index contributed by atoms with van der Waals surface area (Å²) in [6, 6.07) is -0.234. The highest BCUT2D eigenvalue weighted by molar-refractivity contribution is 5.91. The zero-order valence-electron chi connectivity index (χ0n) is 10.8. The standard InChI is InChI=1S/C13H21NO3/c1-4-8-6-9-7-14(13(16)17-3)11(8)12(15)10(9)5-2/h8-11H,4-7H2,1-3H3. The van der Waals surface area contributed by atoms with Gasteiger partial charge in [-0.05, 0) is 24.7 Å². The molecule has 2 heterocycles. The zero-order chi connectivity index (χ0) is 12.6. The molecule has 0 radical (unpaired) electrons. The Bertz CT molecular complexity index is 329. The number of rotatable bonds is 2. The Labute approximate surface area is 102 Å². The number of hydrogen-bond acceptors (Lipinski definition) is 3. The Balaban J connectivity index is 2.26. The minimum Gasteiger partial charge on any atom is -0.453 e. The van der Waals surface area contributed by atoms with Crippen LogP contribution in [0.5, 0.6) is 0 Å². The summed E-state index contributed by atoms with van der Waals surface area (Å²) in [5.74, 6) is 1.07. The van der Waals surface area contributed by atoms with Crippen LogP contribution in [0.2, 0.25) is 0 Å². The van der Waals surface area contributed by atoms with Crippen LogP contribution in [-0.4, -0.2) is 36.5 Å². The molecule has 2 saturated heterocycles. The summed E-state index contributed by atoms with van der Waals surface area (Å²) < 4.78 is 4.79. The van der Waals surface area contributed by atoms with E-state index >= 15 is 0 Å². The largest absolute Gasteiger partial charge is 0.453 e. The lowest BCUT2D eigenvalue weighted by atomic mass is 9.64. The third-order valence-electron chi connectivity index (χ3n) is 4.42. The van der Waals surface area contributed by atoms with E-state index in [1.807, 2.05) is 0 Å². The van der Waals surface area contributed by atoms with Crippen LogP contribution in [0.25, 0.3) is 0 Å². The molecule has 17 heavy (non-hydrogen) atoms. The van der Waals surface area contributed by atoms with Crippen LogP contribution in [0.3, 0.4) is 0 Å². The Morgan fingerprint density at radius 1 is 1.41 bits per heavy atom. The summed E-state index contributed by atoms with van der Waals surface area (Å²) in [5.41, 5.74) is 0. The summed E-state index contributed by atoms with van der Waals surface area (Å²) in [4.78, 5) is 25.7. The van der Waals surface area contributed by atoms with Crippen molar-refractivity contribution in [2.75, 3.05) is 13.7 Å². The molecular formula is C13H21NO3. The molecule has 0 aromatic rings. The summed E-state index contributed by atoms with van der Waals surface area (Å²) in [5, 5.41) is 0. The molecule has 2 aliphatic heterocycles. The smallest absolute Gasteiger partial charge is 0.410 e. The Morgan fingerprint density at radius 3 is 2.59 bits per heavy atom. The first-order valence-electron chi connectivity index (χ1n) is 6.52. The van der Waals surface area contributed by atoms with Gasteiger partial charge in [0.25, 0.3) is 0 Å². The maximum absolute atomic E-state index is 12.4. The van der Waals surface area contributed by atoms with Crippen LogP contribution in [0.1, 0.15) is 33.1 Å². The van der Waals surface area contributed by atoms with E-state index in [4.69, 9.17) is 4.74 Å². The molecule has 0 N–H and O–H groups in total. The van der Waals surface area contributed by atoms with Crippen LogP contribution < -0.4 is 0 Å². The summed E-state index contributed by atoms with van der Waals surface area (Å²) in [7, 11) is 1.38. The molecule has 4 atom stereocenters. The highest BCUT2D eigenvalue weighted by atomic mass is 16.5. The van der Waals surface area contributed by atoms with Crippen molar-refractivity contribution in [2.45, 2.75) is 39.2 Å². The van der Waals surface area contributed by atoms with Crippen molar-refractivity contribution in [3.8, 4) is 0 Å². The quantitative estimate of drug-likeness (QED) is 0.741. The molecule has 1 aliphatic carbocycles. The number of fused-ring (bicyclic) bond motifs is 3. The summed E-state index contributed by atoms with van der Waals surface area (Å²) >= 11 is 0. The SMILES string of the molecule is CCC1CC2CN(C(=O)OC)C1C(=O)C2CC. The molecule has 2 bridgehead atoms. The molecule has 0 spiro atoms. The first-order chi connectivity index (χ1) is 8.13. The number of nitrogens with zero attached hydrogens (tertiary/aromatic N) is 1. The normalized spacial score (nSPS) is 36.2. The molecule has 3 rings (SSSR count). The highest BCUT2D eigenvalue weighted by Gasteiger charge is 2.52. The van der Waals surface area contributed by atoms with Crippen LogP contribution in [0.4, 0.5) is 4.79 Å². The molecule has 3 fully saturated rings. The molecule has 4 unspecified atom stereocenters. The van der Waals surface area contributed by atoms with Crippen LogP contribution in [0.15, 0.2) is 0 Å². The monoisotopic (exact) mass is 239 g/mol. The van der Waals surface area contributed by atoms with Gasteiger partial charge in [0.05, 0.1) is 13.2 Å². The summed E-state index contributed by atoms with van der Waals surface area (Å²) in [6.07, 6.45) is 2.59. The number of amides is 1. The van der Waals surface area contributed by atoms with Crippen molar-refractivity contribution in [3.05, 3.63) is 0 Å². The molecule has 3 aliphatic rings. The van der Waals surface area contributed by atoms with Crippen molar-refractivity contribution in [1.82, 2.24) is 4.90 Å². The Morgan fingerprint density at radius 2 is 2.12 bits per heavy atom. The number of ketones is 1. The fourth-order valence-electron chi connectivity index (χ4n) is 3.57. The number of methoxy groups -OCH3 is 1. The second-order valence-corrected chi connectivity index (χ2v) is 5.15. The Kier molecular flexibility index (Phi) is 3.40. The lowest BCUT2D eigenvalue weighted by Crippen LogP contribution is -2.63. The predicted molar refractivity (Wildman–Crippen MR) is 63.6 cm³/mol. The van der Waals surface area contributed by atoms with Gasteiger partial charge in [0.15, 0.2) is 5.78 Å². The van der Waals surface area contributed by atoms with Gasteiger partial charge in [0.2, 0.25) is 0 Å². The van der Waals surface area contributed by atoms with E-state index in [0.29, 0.717) is 18.4 Å². The maximum atomic E-state index is 12.4. The predicted octanol–water partition coefficient (Wildman–Crippen LogP) is 2.08. The topological polar surface area (TPSA) is 46.6 Å². The first-order valence-corrected chi connectivity index (χ1v) is 6.52. The van der Waals surface area contributed by atoms with Gasteiger partial charge < -0.3 is 4.74 Å². The average Bonchev–Trinajstić information content (AvgIpc) is 2.37. The van der Waals surface area contributed by atoms with Gasteiger partial charge in [-0.15, -0.1) is 0 Å². The average molecular weight is 239 g/mol. The van der Waals surface area contributed by atoms with Gasteiger partial charge in [-0.25, -0.2) is 4.79 Å². The van der Waals surface area contributed by atoms with Gasteiger partial charge >= 0.3 is 6.09 Å². The van der Waals surface area contributed by atoms with E-state index < -0.39 is 0 Å². The van der Waals surface area contributed by atoms with E-state index in [0.717, 1.165) is 19.3 Å². The second kappa shape index (κ2) is 4.67. The Hall–Kier alpha value is -1.06. The molecule has 96 valence electrons. The van der Waals surface area contributed by atoms with Gasteiger partial charge in [0.1, 0.15) is 0 Å². The van der Waals surface area contributed by atoms with Gasteiger partial charge in [-0.3, -0.25) is 9.69 Å². The van der Waals surface area contributed by atoms with Crippen LogP contribution in [0, 0.1) is 17.8 Å². The molecule has 0 aromatic heterocycles. The molecule has 1 saturated carbocycles. The molecule has 1 amide bonds. The third kappa shape index (κ3) is 1.83. The molecule has 4 heteroatoms. The molecule has 0 aromatic carbocycles. The number of carbonyl (C=O) groups excluding carboxylic acids is 2. The highest BCUT2D eigenvalue weighted by Crippen LogP contribution is 2.43. The van der Waals surface area contributed by atoms with E-state index in [1.165, 1.54) is 7.11 Å². The molecule has 4 nitrogen and oxygen atoms in total. The number of piperidine rings is 2. The minimum atomic E-state index is -0.346. The van der Waals surface area contributed by atoms with Crippen molar-refractivity contribution in [3.63, 3.8) is 0 Å². The second-order valence-electron chi connectivity index (χ2n) is 5.15.